The van der Waals surface area contributed by atoms with Crippen LogP contribution in [0.15, 0.2) is 78.0 Å². The van der Waals surface area contributed by atoms with Gasteiger partial charge in [-0.05, 0) is 60.9 Å². The van der Waals surface area contributed by atoms with Crippen LogP contribution in [0.3, 0.4) is 0 Å². The maximum absolute atomic E-state index is 12.5. The predicted octanol–water partition coefficient (Wildman–Crippen LogP) is 4.24. The summed E-state index contributed by atoms with van der Waals surface area (Å²) < 4.78 is 1.66. The van der Waals surface area contributed by atoms with E-state index in [1.807, 2.05) is 30.5 Å². The molecule has 0 bridgehead atoms. The Morgan fingerprint density at radius 1 is 0.964 bits per heavy atom. The van der Waals surface area contributed by atoms with Gasteiger partial charge in [-0.25, -0.2) is 0 Å². The van der Waals surface area contributed by atoms with Crippen molar-refractivity contribution in [3.63, 3.8) is 0 Å². The van der Waals surface area contributed by atoms with E-state index in [4.69, 9.17) is 11.6 Å². The molecule has 2 N–H and O–H groups in total. The Morgan fingerprint density at radius 2 is 1.61 bits per heavy atom. The van der Waals surface area contributed by atoms with Gasteiger partial charge in [0, 0.05) is 27.4 Å². The summed E-state index contributed by atoms with van der Waals surface area (Å²) in [5, 5.41) is 6.26. The van der Waals surface area contributed by atoms with Gasteiger partial charge in [-0.1, -0.05) is 11.6 Å². The highest BCUT2D eigenvalue weighted by atomic mass is 35.5. The Labute approximate surface area is 172 Å². The Kier molecular flexibility index (Phi) is 6.68. The molecule has 0 radical (unpaired) electrons. The van der Waals surface area contributed by atoms with Crippen LogP contribution in [0.1, 0.15) is 10.4 Å². The number of benzene rings is 2. The number of hydrogen-bond donors (Lipinski definition) is 2. The molecule has 0 aliphatic rings. The summed E-state index contributed by atoms with van der Waals surface area (Å²) in [4.78, 5) is 25.8. The molecular weight excluding hydrogens is 394 g/mol. The van der Waals surface area contributed by atoms with Gasteiger partial charge in [0.25, 0.3) is 11.8 Å². The highest BCUT2D eigenvalue weighted by Gasteiger charge is 2.14. The number of nitrogens with one attached hydrogen (secondary N) is 2. The molecule has 3 aromatic rings. The van der Waals surface area contributed by atoms with Crippen LogP contribution in [-0.4, -0.2) is 18.1 Å². The minimum Gasteiger partial charge on any atom is -0.322 e. The van der Waals surface area contributed by atoms with Crippen LogP contribution in [-0.2, 0) is 11.3 Å². The number of carbonyl (C=O) groups is 2. The number of amides is 2. The standard InChI is InChI=1S/C21H18ClN3O2S/c1-28-19-10-8-18(9-11-19)24-21(27)15-3-2-12-25(13-15)14-20(26)23-17-6-4-16(22)5-7-17/h2-13H,14H2,1H3,(H-,23,24,26,27)/p+1. The Hall–Kier alpha value is -2.83. The van der Waals surface area contributed by atoms with E-state index in [-0.39, 0.29) is 18.4 Å². The van der Waals surface area contributed by atoms with E-state index in [9.17, 15) is 9.59 Å². The number of carbonyl (C=O) groups excluding carboxylic acids is 2. The SMILES string of the molecule is CSc1ccc(NC(=O)c2ccc[n+](CC(=O)Nc3ccc(Cl)cc3)c2)cc1. The van der Waals surface area contributed by atoms with E-state index in [1.54, 1.807) is 65.1 Å². The summed E-state index contributed by atoms with van der Waals surface area (Å²) >= 11 is 7.48. The lowest BCUT2D eigenvalue weighted by atomic mass is 10.2. The van der Waals surface area contributed by atoms with Gasteiger partial charge < -0.3 is 10.6 Å². The van der Waals surface area contributed by atoms with E-state index < -0.39 is 0 Å². The van der Waals surface area contributed by atoms with Crippen molar-refractivity contribution < 1.29 is 14.2 Å². The van der Waals surface area contributed by atoms with Crippen LogP contribution in [0, 0.1) is 0 Å². The zero-order chi connectivity index (χ0) is 19.9. The number of hydrogen-bond acceptors (Lipinski definition) is 3. The summed E-state index contributed by atoms with van der Waals surface area (Å²) in [6.45, 7) is 0.0895. The first kappa shape index (κ1) is 19.9. The lowest BCUT2D eigenvalue weighted by Gasteiger charge is -2.06. The number of aromatic nitrogens is 1. The first-order valence-corrected chi connectivity index (χ1v) is 10.1. The Balaban J connectivity index is 1.62. The second-order valence-electron chi connectivity index (χ2n) is 6.00. The molecule has 28 heavy (non-hydrogen) atoms. The molecule has 142 valence electrons. The van der Waals surface area contributed by atoms with Crippen LogP contribution in [0.25, 0.3) is 0 Å². The van der Waals surface area contributed by atoms with E-state index in [0.717, 1.165) is 10.6 Å². The van der Waals surface area contributed by atoms with Gasteiger partial charge in [0.2, 0.25) is 6.54 Å². The van der Waals surface area contributed by atoms with Gasteiger partial charge in [-0.15, -0.1) is 11.8 Å². The zero-order valence-corrected chi connectivity index (χ0v) is 16.8. The Morgan fingerprint density at radius 3 is 2.29 bits per heavy atom. The molecule has 0 saturated carbocycles. The van der Waals surface area contributed by atoms with Gasteiger partial charge in [0.1, 0.15) is 5.56 Å². The highest BCUT2D eigenvalue weighted by molar-refractivity contribution is 7.98. The average Bonchev–Trinajstić information content (AvgIpc) is 2.70. The summed E-state index contributed by atoms with van der Waals surface area (Å²) in [7, 11) is 0. The predicted molar refractivity (Wildman–Crippen MR) is 113 cm³/mol. The maximum atomic E-state index is 12.5. The molecular formula is C21H19ClN3O2S+. The molecule has 5 nitrogen and oxygen atoms in total. The summed E-state index contributed by atoms with van der Waals surface area (Å²) in [5.74, 6) is -0.429. The van der Waals surface area contributed by atoms with Crippen LogP contribution in [0.5, 0.6) is 0 Å². The third-order valence-corrected chi connectivity index (χ3v) is 4.92. The minimum absolute atomic E-state index is 0.0895. The quantitative estimate of drug-likeness (QED) is 0.470. The topological polar surface area (TPSA) is 62.1 Å². The van der Waals surface area contributed by atoms with E-state index >= 15 is 0 Å². The normalized spacial score (nSPS) is 10.4. The number of pyridine rings is 1. The molecule has 2 amide bonds. The molecule has 0 unspecified atom stereocenters. The molecule has 0 aliphatic carbocycles. The van der Waals surface area contributed by atoms with Gasteiger partial charge in [0.15, 0.2) is 12.4 Å². The van der Waals surface area contributed by atoms with Gasteiger partial charge in [0.05, 0.1) is 0 Å². The van der Waals surface area contributed by atoms with Crippen molar-refractivity contribution in [2.24, 2.45) is 0 Å². The average molecular weight is 413 g/mol. The van der Waals surface area contributed by atoms with E-state index in [0.29, 0.717) is 16.3 Å². The van der Waals surface area contributed by atoms with Gasteiger partial charge >= 0.3 is 0 Å². The smallest absolute Gasteiger partial charge is 0.290 e. The number of halogens is 1. The summed E-state index contributed by atoms with van der Waals surface area (Å²) in [5.41, 5.74) is 1.85. The number of nitrogens with zero attached hydrogens (tertiary/aromatic N) is 1. The lowest BCUT2D eigenvalue weighted by Crippen LogP contribution is -2.40. The monoisotopic (exact) mass is 412 g/mol. The molecule has 3 rings (SSSR count). The summed E-state index contributed by atoms with van der Waals surface area (Å²) in [6.07, 6.45) is 5.39. The first-order chi connectivity index (χ1) is 13.5. The molecule has 0 aliphatic heterocycles. The van der Waals surface area contributed by atoms with Crippen LogP contribution in [0.4, 0.5) is 11.4 Å². The summed E-state index contributed by atoms with van der Waals surface area (Å²) in [6, 6.07) is 18.0. The van der Waals surface area contributed by atoms with E-state index in [2.05, 4.69) is 10.6 Å². The molecule has 0 saturated heterocycles. The molecule has 0 spiro atoms. The number of rotatable bonds is 6. The number of anilines is 2. The third kappa shape index (κ3) is 5.58. The second-order valence-corrected chi connectivity index (χ2v) is 7.32. The van der Waals surface area contributed by atoms with Crippen molar-refractivity contribution in [3.8, 4) is 0 Å². The highest BCUT2D eigenvalue weighted by Crippen LogP contribution is 2.18. The molecule has 0 fully saturated rings. The maximum Gasteiger partial charge on any atom is 0.290 e. The largest absolute Gasteiger partial charge is 0.322 e. The van der Waals surface area contributed by atoms with Crippen LogP contribution >= 0.6 is 23.4 Å². The molecule has 1 aromatic heterocycles. The fourth-order valence-electron chi connectivity index (χ4n) is 2.53. The van der Waals surface area contributed by atoms with Crippen molar-refractivity contribution >= 4 is 46.6 Å². The molecule has 2 aromatic carbocycles. The first-order valence-electron chi connectivity index (χ1n) is 8.53. The fourth-order valence-corrected chi connectivity index (χ4v) is 3.07. The fraction of sp³-hybridized carbons (Fsp3) is 0.0952. The van der Waals surface area contributed by atoms with Gasteiger partial charge in [-0.2, -0.15) is 4.57 Å². The third-order valence-electron chi connectivity index (χ3n) is 3.92. The van der Waals surface area contributed by atoms with Crippen molar-refractivity contribution in [2.75, 3.05) is 16.9 Å². The van der Waals surface area contributed by atoms with Crippen molar-refractivity contribution in [3.05, 3.63) is 83.6 Å². The Bertz CT molecular complexity index is 976. The second kappa shape index (κ2) is 9.39. The lowest BCUT2D eigenvalue weighted by molar-refractivity contribution is -0.684. The van der Waals surface area contributed by atoms with E-state index in [1.165, 1.54) is 0 Å². The zero-order valence-electron chi connectivity index (χ0n) is 15.2. The van der Waals surface area contributed by atoms with Crippen LogP contribution < -0.4 is 15.2 Å². The van der Waals surface area contributed by atoms with Crippen molar-refractivity contribution in [2.45, 2.75) is 11.4 Å². The molecule has 1 heterocycles. The number of thioether (sulfide) groups is 1. The van der Waals surface area contributed by atoms with Crippen LogP contribution in [0.2, 0.25) is 5.02 Å². The molecule has 0 atom stereocenters. The van der Waals surface area contributed by atoms with Crippen molar-refractivity contribution in [1.29, 1.82) is 0 Å². The molecule has 7 heteroatoms. The minimum atomic E-state index is -0.232. The van der Waals surface area contributed by atoms with Crippen molar-refractivity contribution in [1.82, 2.24) is 0 Å². The van der Waals surface area contributed by atoms with Gasteiger partial charge in [-0.3, -0.25) is 9.59 Å².